The van der Waals surface area contributed by atoms with Crippen LogP contribution < -0.4 is 4.74 Å². The molecule has 4 nitrogen and oxygen atoms in total. The zero-order chi connectivity index (χ0) is 14.5. The van der Waals surface area contributed by atoms with Gasteiger partial charge in [-0.25, -0.2) is 0 Å². The van der Waals surface area contributed by atoms with E-state index in [1.165, 1.54) is 5.56 Å². The average Bonchev–Trinajstić information content (AvgIpc) is 2.47. The Labute approximate surface area is 120 Å². The molecule has 20 heavy (non-hydrogen) atoms. The summed E-state index contributed by atoms with van der Waals surface area (Å²) in [4.78, 5) is 13.6. The number of benzene rings is 1. The second kappa shape index (κ2) is 6.75. The number of fused-ring (bicyclic) bond motifs is 1. The number of aliphatic hydroxyl groups is 1. The first-order chi connectivity index (χ1) is 9.65. The summed E-state index contributed by atoms with van der Waals surface area (Å²) < 4.78 is 5.56. The van der Waals surface area contributed by atoms with Crippen LogP contribution >= 0.6 is 0 Å². The molecule has 1 aliphatic rings. The van der Waals surface area contributed by atoms with Gasteiger partial charge in [0.2, 0.25) is 0 Å². The summed E-state index contributed by atoms with van der Waals surface area (Å²) in [7, 11) is 0. The molecule has 1 aromatic rings. The second-order valence-electron chi connectivity index (χ2n) is 5.12. The van der Waals surface area contributed by atoms with E-state index >= 15 is 0 Å². The Hall–Kier alpha value is -1.55. The van der Waals surface area contributed by atoms with Gasteiger partial charge in [0.15, 0.2) is 6.61 Å². The van der Waals surface area contributed by atoms with E-state index in [4.69, 9.17) is 4.74 Å². The fourth-order valence-electron chi connectivity index (χ4n) is 2.65. The van der Waals surface area contributed by atoms with Gasteiger partial charge in [-0.2, -0.15) is 0 Å². The third-order valence-corrected chi connectivity index (χ3v) is 3.88. The van der Waals surface area contributed by atoms with Crippen LogP contribution in [-0.4, -0.2) is 35.6 Å². The molecule has 1 atom stereocenters. The summed E-state index contributed by atoms with van der Waals surface area (Å²) in [5.74, 6) is 0.651. The Kier molecular flexibility index (Phi) is 5.01. The maximum absolute atomic E-state index is 11.9. The molecule has 0 aliphatic heterocycles. The van der Waals surface area contributed by atoms with Crippen LogP contribution in [0.5, 0.6) is 5.75 Å². The molecule has 0 saturated carbocycles. The first-order valence-corrected chi connectivity index (χ1v) is 7.37. The molecule has 0 unspecified atom stereocenters. The molecule has 4 heteroatoms. The molecule has 1 aliphatic carbocycles. The summed E-state index contributed by atoms with van der Waals surface area (Å²) in [5.41, 5.74) is 2.13. The van der Waals surface area contributed by atoms with Gasteiger partial charge in [-0.1, -0.05) is 6.07 Å². The molecule has 110 valence electrons. The Morgan fingerprint density at radius 3 is 2.85 bits per heavy atom. The van der Waals surface area contributed by atoms with Gasteiger partial charge < -0.3 is 14.7 Å². The molecular formula is C16H23NO3. The molecule has 0 spiro atoms. The maximum Gasteiger partial charge on any atom is 0.260 e. The Balaban J connectivity index is 2.00. The summed E-state index contributed by atoms with van der Waals surface area (Å²) >= 11 is 0. The van der Waals surface area contributed by atoms with E-state index in [0.717, 1.165) is 24.8 Å². The van der Waals surface area contributed by atoms with E-state index < -0.39 is 6.10 Å². The highest BCUT2D eigenvalue weighted by atomic mass is 16.5. The second-order valence-corrected chi connectivity index (χ2v) is 5.12. The zero-order valence-corrected chi connectivity index (χ0v) is 12.3. The number of nitrogens with zero attached hydrogens (tertiary/aromatic N) is 1. The minimum Gasteiger partial charge on any atom is -0.484 e. The lowest BCUT2D eigenvalue weighted by molar-refractivity contribution is -0.132. The zero-order valence-electron chi connectivity index (χ0n) is 12.3. The van der Waals surface area contributed by atoms with Crippen molar-refractivity contribution in [3.8, 4) is 5.75 Å². The van der Waals surface area contributed by atoms with E-state index in [2.05, 4.69) is 0 Å². The molecule has 2 rings (SSSR count). The standard InChI is InChI=1S/C16H23NO3/c1-3-17(4-2)16(19)11-20-13-9-8-12-6-5-7-15(18)14(12)10-13/h8-10,15,18H,3-7,11H2,1-2H3/t15-/m0/s1. The van der Waals surface area contributed by atoms with Gasteiger partial charge in [0, 0.05) is 13.1 Å². The molecule has 0 bridgehead atoms. The third-order valence-electron chi connectivity index (χ3n) is 3.88. The van der Waals surface area contributed by atoms with Crippen LogP contribution in [0.25, 0.3) is 0 Å². The van der Waals surface area contributed by atoms with E-state index in [1.54, 1.807) is 4.90 Å². The van der Waals surface area contributed by atoms with Crippen LogP contribution in [0, 0.1) is 0 Å². The van der Waals surface area contributed by atoms with Crippen molar-refractivity contribution in [2.75, 3.05) is 19.7 Å². The fraction of sp³-hybridized carbons (Fsp3) is 0.562. The predicted molar refractivity (Wildman–Crippen MR) is 77.8 cm³/mol. The van der Waals surface area contributed by atoms with Gasteiger partial charge in [-0.05, 0) is 56.4 Å². The van der Waals surface area contributed by atoms with Crippen LogP contribution in [-0.2, 0) is 11.2 Å². The van der Waals surface area contributed by atoms with Crippen LogP contribution in [0.3, 0.4) is 0 Å². The van der Waals surface area contributed by atoms with E-state index in [-0.39, 0.29) is 12.5 Å². The van der Waals surface area contributed by atoms with Crippen molar-refractivity contribution in [2.45, 2.75) is 39.2 Å². The first-order valence-electron chi connectivity index (χ1n) is 7.37. The number of aryl methyl sites for hydroxylation is 1. The molecule has 1 aromatic carbocycles. The van der Waals surface area contributed by atoms with Crippen molar-refractivity contribution in [3.63, 3.8) is 0 Å². The van der Waals surface area contributed by atoms with Gasteiger partial charge in [-0.3, -0.25) is 4.79 Å². The van der Waals surface area contributed by atoms with Crippen molar-refractivity contribution in [1.29, 1.82) is 0 Å². The number of ether oxygens (including phenoxy) is 1. The van der Waals surface area contributed by atoms with Gasteiger partial charge in [-0.15, -0.1) is 0 Å². The molecule has 0 aromatic heterocycles. The van der Waals surface area contributed by atoms with Crippen LogP contribution in [0.4, 0.5) is 0 Å². The number of amides is 1. The normalized spacial score (nSPS) is 17.4. The average molecular weight is 277 g/mol. The van der Waals surface area contributed by atoms with Gasteiger partial charge in [0.1, 0.15) is 5.75 Å². The maximum atomic E-state index is 11.9. The number of hydrogen-bond donors (Lipinski definition) is 1. The minimum atomic E-state index is -0.402. The fourth-order valence-corrected chi connectivity index (χ4v) is 2.65. The Morgan fingerprint density at radius 1 is 1.40 bits per heavy atom. The quantitative estimate of drug-likeness (QED) is 0.898. The first kappa shape index (κ1) is 14.9. The van der Waals surface area contributed by atoms with Gasteiger partial charge in [0.05, 0.1) is 6.10 Å². The summed E-state index contributed by atoms with van der Waals surface area (Å²) in [6.07, 6.45) is 2.43. The third kappa shape index (κ3) is 3.31. The van der Waals surface area contributed by atoms with Gasteiger partial charge in [0.25, 0.3) is 5.91 Å². The lowest BCUT2D eigenvalue weighted by Gasteiger charge is -2.22. The van der Waals surface area contributed by atoms with Crippen molar-refractivity contribution in [3.05, 3.63) is 29.3 Å². The Morgan fingerprint density at radius 2 is 2.15 bits per heavy atom. The number of rotatable bonds is 5. The van der Waals surface area contributed by atoms with Crippen molar-refractivity contribution in [2.24, 2.45) is 0 Å². The molecule has 0 radical (unpaired) electrons. The number of carbonyl (C=O) groups excluding carboxylic acids is 1. The lowest BCUT2D eigenvalue weighted by atomic mass is 9.89. The molecule has 0 saturated heterocycles. The monoisotopic (exact) mass is 277 g/mol. The van der Waals surface area contributed by atoms with Crippen LogP contribution in [0.1, 0.15) is 43.9 Å². The topological polar surface area (TPSA) is 49.8 Å². The summed E-state index contributed by atoms with van der Waals surface area (Å²) in [5, 5.41) is 10.00. The van der Waals surface area contributed by atoms with Crippen LogP contribution in [0.2, 0.25) is 0 Å². The number of likely N-dealkylation sites (N-methyl/N-ethyl adjacent to an activating group) is 1. The summed E-state index contributed by atoms with van der Waals surface area (Å²) in [6.45, 7) is 5.35. The van der Waals surface area contributed by atoms with Gasteiger partial charge >= 0.3 is 0 Å². The number of aliphatic hydroxyl groups excluding tert-OH is 1. The smallest absolute Gasteiger partial charge is 0.260 e. The van der Waals surface area contributed by atoms with E-state index in [9.17, 15) is 9.90 Å². The lowest BCUT2D eigenvalue weighted by Crippen LogP contribution is -2.34. The number of hydrogen-bond acceptors (Lipinski definition) is 3. The van der Waals surface area contributed by atoms with Crippen molar-refractivity contribution >= 4 is 5.91 Å². The molecule has 0 fully saturated rings. The highest BCUT2D eigenvalue weighted by Gasteiger charge is 2.18. The molecular weight excluding hydrogens is 254 g/mol. The highest BCUT2D eigenvalue weighted by molar-refractivity contribution is 5.77. The highest BCUT2D eigenvalue weighted by Crippen LogP contribution is 2.32. The van der Waals surface area contributed by atoms with Crippen molar-refractivity contribution < 1.29 is 14.6 Å². The van der Waals surface area contributed by atoms with E-state index in [0.29, 0.717) is 18.8 Å². The Bertz CT molecular complexity index is 469. The number of carbonyl (C=O) groups is 1. The molecule has 1 N–H and O–H groups in total. The minimum absolute atomic E-state index is 0.00623. The largest absolute Gasteiger partial charge is 0.484 e. The summed E-state index contributed by atoms with van der Waals surface area (Å²) in [6, 6.07) is 5.75. The SMILES string of the molecule is CCN(CC)C(=O)COc1ccc2c(c1)[C@@H](O)CCC2. The van der Waals surface area contributed by atoms with Crippen molar-refractivity contribution in [1.82, 2.24) is 4.90 Å². The molecule has 1 amide bonds. The van der Waals surface area contributed by atoms with E-state index in [1.807, 2.05) is 32.0 Å². The van der Waals surface area contributed by atoms with Crippen LogP contribution in [0.15, 0.2) is 18.2 Å². The predicted octanol–water partition coefficient (Wildman–Crippen LogP) is 2.30. The molecule has 0 heterocycles.